The van der Waals surface area contributed by atoms with E-state index >= 15 is 0 Å². The third-order valence-corrected chi connectivity index (χ3v) is 11.6. The minimum atomic E-state index is 0.881. The minimum Gasteiger partial charge on any atom is -0.247 e. The molecule has 5 heterocycles. The molecule has 0 amide bonds. The molecule has 60 heavy (non-hydrogen) atoms. The quantitative estimate of drug-likeness (QED) is 0.129. The van der Waals surface area contributed by atoms with E-state index in [0.29, 0.717) is 0 Å². The Hall–Kier alpha value is -8.15. The molecule has 0 aliphatic carbocycles. The number of hydrogen-bond acceptors (Lipinski definition) is 5. The molecule has 0 aliphatic rings. The van der Waals surface area contributed by atoms with Gasteiger partial charge in [0.2, 0.25) is 0 Å². The first-order valence-corrected chi connectivity index (χ1v) is 20.2. The van der Waals surface area contributed by atoms with Crippen molar-refractivity contribution in [2.45, 2.75) is 0 Å². The van der Waals surface area contributed by atoms with Gasteiger partial charge in [0, 0.05) is 54.6 Å². The Labute approximate surface area is 345 Å². The molecule has 0 saturated carbocycles. The maximum Gasteiger partial charge on any atom is 0.0972 e. The number of pyridine rings is 5. The second kappa shape index (κ2) is 13.8. The van der Waals surface area contributed by atoms with Crippen LogP contribution in [-0.2, 0) is 0 Å². The molecule has 5 heteroatoms. The molecule has 278 valence electrons. The van der Waals surface area contributed by atoms with Crippen molar-refractivity contribution in [3.63, 3.8) is 0 Å². The predicted molar refractivity (Wildman–Crippen MR) is 248 cm³/mol. The fourth-order valence-corrected chi connectivity index (χ4v) is 8.51. The van der Waals surface area contributed by atoms with Crippen molar-refractivity contribution < 1.29 is 0 Å². The van der Waals surface area contributed by atoms with Gasteiger partial charge in [-0.15, -0.1) is 0 Å². The van der Waals surface area contributed by atoms with E-state index in [0.717, 1.165) is 122 Å². The second-order valence-corrected chi connectivity index (χ2v) is 15.3. The van der Waals surface area contributed by atoms with Crippen LogP contribution in [0.2, 0.25) is 0 Å². The number of fused-ring (bicyclic) bond motifs is 9. The third kappa shape index (κ3) is 5.75. The van der Waals surface area contributed by atoms with Crippen molar-refractivity contribution in [1.29, 1.82) is 0 Å². The summed E-state index contributed by atoms with van der Waals surface area (Å²) in [4.78, 5) is 26.3. The van der Waals surface area contributed by atoms with Gasteiger partial charge >= 0.3 is 0 Å². The first-order valence-electron chi connectivity index (χ1n) is 20.2. The Bertz CT molecular complexity index is 3630. The summed E-state index contributed by atoms with van der Waals surface area (Å²) < 4.78 is 0. The molecule has 0 unspecified atom stereocenters. The van der Waals surface area contributed by atoms with Gasteiger partial charge in [0.05, 0.1) is 55.9 Å². The van der Waals surface area contributed by atoms with E-state index in [-0.39, 0.29) is 0 Å². The fraction of sp³-hybridized carbons (Fsp3) is 0. The van der Waals surface area contributed by atoms with Crippen LogP contribution >= 0.6 is 0 Å². The van der Waals surface area contributed by atoms with Crippen LogP contribution in [-0.4, -0.2) is 24.9 Å². The molecule has 5 nitrogen and oxygen atoms in total. The lowest BCUT2D eigenvalue weighted by Crippen LogP contribution is -1.95. The first-order chi connectivity index (χ1) is 29.7. The zero-order chi connectivity index (χ0) is 39.6. The molecule has 12 aromatic rings. The van der Waals surface area contributed by atoms with E-state index < -0.39 is 0 Å². The Balaban J connectivity index is 0.967. The van der Waals surface area contributed by atoms with Crippen molar-refractivity contribution in [2.24, 2.45) is 0 Å². The van der Waals surface area contributed by atoms with Gasteiger partial charge in [0.25, 0.3) is 0 Å². The highest BCUT2D eigenvalue weighted by atomic mass is 14.8. The second-order valence-electron chi connectivity index (χ2n) is 15.3. The van der Waals surface area contributed by atoms with Gasteiger partial charge in [0.1, 0.15) is 0 Å². The number of nitrogens with zero attached hydrogens (tertiary/aromatic N) is 5. The van der Waals surface area contributed by atoms with Crippen LogP contribution in [0.25, 0.3) is 122 Å². The van der Waals surface area contributed by atoms with E-state index in [1.165, 1.54) is 0 Å². The van der Waals surface area contributed by atoms with E-state index in [1.54, 1.807) is 0 Å². The molecule has 7 aromatic carbocycles. The summed E-state index contributed by atoms with van der Waals surface area (Å²) in [7, 11) is 0. The van der Waals surface area contributed by atoms with E-state index in [2.05, 4.69) is 158 Å². The van der Waals surface area contributed by atoms with Gasteiger partial charge in [0.15, 0.2) is 0 Å². The van der Waals surface area contributed by atoms with Crippen LogP contribution in [0.15, 0.2) is 200 Å². The smallest absolute Gasteiger partial charge is 0.0972 e. The highest BCUT2D eigenvalue weighted by Gasteiger charge is 2.17. The molecule has 0 N–H and O–H groups in total. The molecule has 5 aromatic heterocycles. The Kier molecular flexibility index (Phi) is 7.78. The summed E-state index contributed by atoms with van der Waals surface area (Å²) in [5, 5.41) is 6.24. The zero-order valence-corrected chi connectivity index (χ0v) is 32.3. The minimum absolute atomic E-state index is 0.881. The summed E-state index contributed by atoms with van der Waals surface area (Å²) in [6.45, 7) is 0. The van der Waals surface area contributed by atoms with Gasteiger partial charge in [-0.1, -0.05) is 164 Å². The average molecular weight is 764 g/mol. The summed E-state index contributed by atoms with van der Waals surface area (Å²) in [5.41, 5.74) is 15.5. The maximum absolute atomic E-state index is 5.45. The predicted octanol–water partition coefficient (Wildman–Crippen LogP) is 13.9. The van der Waals surface area contributed by atoms with E-state index in [9.17, 15) is 0 Å². The normalized spacial score (nSPS) is 11.7. The Morgan fingerprint density at radius 1 is 0.233 bits per heavy atom. The van der Waals surface area contributed by atoms with Crippen LogP contribution < -0.4 is 0 Å². The molecule has 0 aliphatic heterocycles. The molecule has 0 radical (unpaired) electrons. The SMILES string of the molecule is c1ccc(-c2ccc3ccc4ccc(-c5ccc(-c6ccc7c(c6)nc(-c6ccccc6)c6cc8ccc9ccc(-c%10ccccc%10)nc9c8nc67)cc5)nc4c3n2)cc1. The highest BCUT2D eigenvalue weighted by Crippen LogP contribution is 2.37. The Morgan fingerprint density at radius 2 is 0.650 bits per heavy atom. The summed E-state index contributed by atoms with van der Waals surface area (Å²) >= 11 is 0. The summed E-state index contributed by atoms with van der Waals surface area (Å²) in [5.74, 6) is 0. The average Bonchev–Trinajstić information content (AvgIpc) is 3.33. The Morgan fingerprint density at radius 3 is 1.18 bits per heavy atom. The van der Waals surface area contributed by atoms with Gasteiger partial charge in [-0.25, -0.2) is 24.9 Å². The maximum atomic E-state index is 5.45. The van der Waals surface area contributed by atoms with Crippen molar-refractivity contribution in [3.05, 3.63) is 200 Å². The lowest BCUT2D eigenvalue weighted by Gasteiger charge is -2.13. The first kappa shape index (κ1) is 33.9. The zero-order valence-electron chi connectivity index (χ0n) is 32.3. The number of benzene rings is 7. The van der Waals surface area contributed by atoms with Crippen LogP contribution in [0.4, 0.5) is 0 Å². The van der Waals surface area contributed by atoms with Crippen LogP contribution in [0.5, 0.6) is 0 Å². The van der Waals surface area contributed by atoms with Gasteiger partial charge in [-0.2, -0.15) is 0 Å². The number of rotatable bonds is 5. The van der Waals surface area contributed by atoms with Crippen molar-refractivity contribution in [1.82, 2.24) is 24.9 Å². The lowest BCUT2D eigenvalue weighted by molar-refractivity contribution is 1.36. The van der Waals surface area contributed by atoms with Crippen molar-refractivity contribution in [2.75, 3.05) is 0 Å². The third-order valence-electron chi connectivity index (χ3n) is 11.6. The molecular weight excluding hydrogens is 731 g/mol. The molecule has 12 rings (SSSR count). The van der Waals surface area contributed by atoms with Crippen LogP contribution in [0.1, 0.15) is 0 Å². The lowest BCUT2D eigenvalue weighted by atomic mass is 9.97. The van der Waals surface area contributed by atoms with Crippen LogP contribution in [0.3, 0.4) is 0 Å². The van der Waals surface area contributed by atoms with Crippen molar-refractivity contribution in [3.8, 4) is 56.2 Å². The largest absolute Gasteiger partial charge is 0.247 e. The monoisotopic (exact) mass is 763 g/mol. The standard InChI is InChI=1S/C55H33N5/c1-4-10-35(11-5-1)46-29-25-39-20-21-40-27-31-48(58-52(40)51(39)56-46)37-18-16-34(17-19-37)42-24-28-44-49(33-42)59-50(38-14-8-3-9-15-38)45-32-43-23-22-41-26-30-47(36-12-6-2-7-13-36)57-53(41)54(43)60-55(44)45/h1-33H. The van der Waals surface area contributed by atoms with Gasteiger partial charge in [-0.3, -0.25) is 0 Å². The highest BCUT2D eigenvalue weighted by molar-refractivity contribution is 6.15. The summed E-state index contributed by atoms with van der Waals surface area (Å²) in [6, 6.07) is 69.7. The number of aromatic nitrogens is 5. The van der Waals surface area contributed by atoms with Gasteiger partial charge < -0.3 is 0 Å². The molecule has 0 bridgehead atoms. The summed E-state index contributed by atoms with van der Waals surface area (Å²) in [6.07, 6.45) is 0. The fourth-order valence-electron chi connectivity index (χ4n) is 8.51. The van der Waals surface area contributed by atoms with Gasteiger partial charge in [-0.05, 0) is 47.5 Å². The molecular formula is C55H33N5. The topological polar surface area (TPSA) is 64.5 Å². The number of hydrogen-bond donors (Lipinski definition) is 0. The molecule has 0 fully saturated rings. The van der Waals surface area contributed by atoms with E-state index in [4.69, 9.17) is 24.9 Å². The molecule has 0 spiro atoms. The molecule has 0 saturated heterocycles. The molecule has 0 atom stereocenters. The van der Waals surface area contributed by atoms with Crippen LogP contribution in [0, 0.1) is 0 Å². The van der Waals surface area contributed by atoms with E-state index in [1.807, 2.05) is 42.5 Å². The van der Waals surface area contributed by atoms with Crippen molar-refractivity contribution >= 4 is 65.4 Å².